The fourth-order valence-electron chi connectivity index (χ4n) is 3.42. The van der Waals surface area contributed by atoms with Crippen LogP contribution in [0.25, 0.3) is 22.0 Å². The van der Waals surface area contributed by atoms with Crippen LogP contribution in [-0.2, 0) is 4.74 Å². The summed E-state index contributed by atoms with van der Waals surface area (Å²) in [5.74, 6) is 5.79. The second-order valence-electron chi connectivity index (χ2n) is 7.06. The Morgan fingerprint density at radius 1 is 1.10 bits per heavy atom. The maximum Gasteiger partial charge on any atom is 0.147 e. The minimum atomic E-state index is -1.46. The molecule has 29 heavy (non-hydrogen) atoms. The molecule has 2 aromatic heterocycles. The third-order valence-electron chi connectivity index (χ3n) is 5.02. The number of ether oxygens (including phenoxy) is 1. The molecule has 0 amide bonds. The van der Waals surface area contributed by atoms with Crippen molar-refractivity contribution in [3.63, 3.8) is 0 Å². The molecular formula is C21H21N3O5. The standard InChI is InChI=1S/C21H21N3O5/c1-11-6-12(4-5-22-11)14-7-13(18-15(8-14)9-23-24-18)2-3-16-19(26)21(28)20(27)17(10-25)29-16/h4-9,16-17,19-21,25-28H,10H2,1H3,(H,23,24)/t16-,17-,19-,20-,21-/m1/s1. The van der Waals surface area contributed by atoms with E-state index in [0.29, 0.717) is 5.56 Å². The summed E-state index contributed by atoms with van der Waals surface area (Å²) in [7, 11) is 0. The van der Waals surface area contributed by atoms with Crippen molar-refractivity contribution in [3.8, 4) is 23.0 Å². The van der Waals surface area contributed by atoms with Gasteiger partial charge in [-0.15, -0.1) is 0 Å². The van der Waals surface area contributed by atoms with Crippen molar-refractivity contribution in [2.24, 2.45) is 0 Å². The second kappa shape index (κ2) is 7.91. The molecule has 4 rings (SSSR count). The predicted octanol–water partition coefficient (Wildman–Crippen LogP) is 0.127. The van der Waals surface area contributed by atoms with Crippen molar-refractivity contribution in [1.29, 1.82) is 0 Å². The number of nitrogens with one attached hydrogen (secondary N) is 1. The molecular weight excluding hydrogens is 374 g/mol. The Kier molecular flexibility index (Phi) is 5.32. The highest BCUT2D eigenvalue weighted by molar-refractivity contribution is 5.89. The zero-order chi connectivity index (χ0) is 20.5. The summed E-state index contributed by atoms with van der Waals surface area (Å²) >= 11 is 0. The summed E-state index contributed by atoms with van der Waals surface area (Å²) in [4.78, 5) is 4.22. The van der Waals surface area contributed by atoms with Gasteiger partial charge in [0, 0.05) is 17.3 Å². The molecule has 1 saturated heterocycles. The second-order valence-corrected chi connectivity index (χ2v) is 7.06. The molecule has 1 aromatic carbocycles. The molecule has 1 fully saturated rings. The van der Waals surface area contributed by atoms with E-state index in [0.717, 1.165) is 27.7 Å². The molecule has 5 atom stereocenters. The maximum atomic E-state index is 10.2. The van der Waals surface area contributed by atoms with Crippen LogP contribution in [0.5, 0.6) is 0 Å². The summed E-state index contributed by atoms with van der Waals surface area (Å²) in [6, 6.07) is 7.76. The van der Waals surface area contributed by atoms with Gasteiger partial charge >= 0.3 is 0 Å². The highest BCUT2D eigenvalue weighted by Gasteiger charge is 2.42. The highest BCUT2D eigenvalue weighted by atomic mass is 16.5. The zero-order valence-corrected chi connectivity index (χ0v) is 15.6. The zero-order valence-electron chi connectivity index (χ0n) is 15.6. The van der Waals surface area contributed by atoms with Crippen LogP contribution >= 0.6 is 0 Å². The molecule has 3 aromatic rings. The minimum absolute atomic E-state index is 0.495. The van der Waals surface area contributed by atoms with Gasteiger partial charge in [0.05, 0.1) is 23.9 Å². The summed E-state index contributed by atoms with van der Waals surface area (Å²) in [6.07, 6.45) is -2.89. The van der Waals surface area contributed by atoms with Crippen LogP contribution in [0.15, 0.2) is 36.7 Å². The molecule has 0 spiro atoms. The Hall–Kier alpha value is -2.80. The first-order chi connectivity index (χ1) is 14.0. The first-order valence-electron chi connectivity index (χ1n) is 9.20. The van der Waals surface area contributed by atoms with Crippen molar-refractivity contribution < 1.29 is 25.2 Å². The number of pyridine rings is 1. The third kappa shape index (κ3) is 3.74. The van der Waals surface area contributed by atoms with Crippen LogP contribution in [0.1, 0.15) is 11.3 Å². The van der Waals surface area contributed by atoms with Crippen LogP contribution in [0.3, 0.4) is 0 Å². The summed E-state index contributed by atoms with van der Waals surface area (Å²) in [6.45, 7) is 1.42. The number of H-pyrrole nitrogens is 1. The van der Waals surface area contributed by atoms with Crippen LogP contribution in [-0.4, -0.2) is 72.7 Å². The molecule has 0 bridgehead atoms. The van der Waals surface area contributed by atoms with E-state index in [2.05, 4.69) is 27.0 Å². The van der Waals surface area contributed by atoms with E-state index in [9.17, 15) is 20.4 Å². The molecule has 0 aliphatic carbocycles. The Morgan fingerprint density at radius 2 is 1.93 bits per heavy atom. The lowest BCUT2D eigenvalue weighted by Crippen LogP contribution is -2.58. The highest BCUT2D eigenvalue weighted by Crippen LogP contribution is 2.27. The number of aryl methyl sites for hydroxylation is 1. The van der Waals surface area contributed by atoms with Gasteiger partial charge in [-0.3, -0.25) is 10.1 Å². The number of benzene rings is 1. The number of aromatic amines is 1. The Morgan fingerprint density at radius 3 is 2.69 bits per heavy atom. The largest absolute Gasteiger partial charge is 0.394 e. The lowest BCUT2D eigenvalue weighted by Gasteiger charge is -2.37. The van der Waals surface area contributed by atoms with Gasteiger partial charge in [-0.05, 0) is 42.3 Å². The molecule has 1 aliphatic heterocycles. The number of nitrogens with zero attached hydrogens (tertiary/aromatic N) is 2. The number of hydrogen-bond donors (Lipinski definition) is 5. The van der Waals surface area contributed by atoms with Gasteiger partial charge in [0.2, 0.25) is 0 Å². The van der Waals surface area contributed by atoms with Crippen molar-refractivity contribution in [2.45, 2.75) is 37.4 Å². The van der Waals surface area contributed by atoms with Gasteiger partial charge in [-0.25, -0.2) is 0 Å². The molecule has 0 saturated carbocycles. The monoisotopic (exact) mass is 395 g/mol. The fraction of sp³-hybridized carbons (Fsp3) is 0.333. The molecule has 0 unspecified atom stereocenters. The van der Waals surface area contributed by atoms with E-state index in [1.54, 1.807) is 12.4 Å². The Balaban J connectivity index is 1.73. The Bertz CT molecular complexity index is 1080. The summed E-state index contributed by atoms with van der Waals surface area (Å²) in [5, 5.41) is 47.2. The van der Waals surface area contributed by atoms with Crippen molar-refractivity contribution in [3.05, 3.63) is 47.9 Å². The van der Waals surface area contributed by atoms with E-state index in [1.807, 2.05) is 31.2 Å². The fourth-order valence-corrected chi connectivity index (χ4v) is 3.42. The van der Waals surface area contributed by atoms with Gasteiger partial charge in [0.15, 0.2) is 0 Å². The average molecular weight is 395 g/mol. The topological polar surface area (TPSA) is 132 Å². The number of fused-ring (bicyclic) bond motifs is 1. The van der Waals surface area contributed by atoms with E-state index < -0.39 is 37.1 Å². The molecule has 0 radical (unpaired) electrons. The normalized spacial score (nSPS) is 26.9. The lowest BCUT2D eigenvalue weighted by atomic mass is 9.95. The van der Waals surface area contributed by atoms with Gasteiger partial charge in [-0.1, -0.05) is 11.8 Å². The number of aliphatic hydroxyl groups excluding tert-OH is 4. The molecule has 150 valence electrons. The van der Waals surface area contributed by atoms with Crippen LogP contribution in [0.2, 0.25) is 0 Å². The predicted molar refractivity (Wildman–Crippen MR) is 105 cm³/mol. The molecule has 8 nitrogen and oxygen atoms in total. The first-order valence-corrected chi connectivity index (χ1v) is 9.20. The lowest BCUT2D eigenvalue weighted by molar-refractivity contribution is -0.214. The van der Waals surface area contributed by atoms with Crippen molar-refractivity contribution in [1.82, 2.24) is 15.2 Å². The SMILES string of the molecule is Cc1cc(-c2cc(C#C[C@H]3O[C@H](CO)[C@@H](O)[C@H](O)[C@@H]3O)c3[nH]ncc3c2)ccn1. The van der Waals surface area contributed by atoms with Gasteiger partial charge in [0.1, 0.15) is 30.5 Å². The van der Waals surface area contributed by atoms with Crippen LogP contribution in [0.4, 0.5) is 0 Å². The molecule has 3 heterocycles. The summed E-state index contributed by atoms with van der Waals surface area (Å²) < 4.78 is 5.46. The van der Waals surface area contributed by atoms with E-state index in [4.69, 9.17) is 4.74 Å². The number of aliphatic hydroxyl groups is 4. The van der Waals surface area contributed by atoms with Gasteiger partial charge in [-0.2, -0.15) is 5.10 Å². The van der Waals surface area contributed by atoms with E-state index in [1.165, 1.54) is 0 Å². The first kappa shape index (κ1) is 19.5. The van der Waals surface area contributed by atoms with Gasteiger partial charge < -0.3 is 25.2 Å². The van der Waals surface area contributed by atoms with Crippen LogP contribution < -0.4 is 0 Å². The van der Waals surface area contributed by atoms with E-state index >= 15 is 0 Å². The average Bonchev–Trinajstić information content (AvgIpc) is 3.20. The number of aromatic nitrogens is 3. The number of hydrogen-bond acceptors (Lipinski definition) is 7. The molecule has 8 heteroatoms. The van der Waals surface area contributed by atoms with Crippen LogP contribution in [0, 0.1) is 18.8 Å². The molecule has 5 N–H and O–H groups in total. The smallest absolute Gasteiger partial charge is 0.147 e. The summed E-state index contributed by atoms with van der Waals surface area (Å²) in [5.41, 5.74) is 4.18. The quantitative estimate of drug-likeness (QED) is 0.390. The third-order valence-corrected chi connectivity index (χ3v) is 5.02. The molecule has 1 aliphatic rings. The maximum absolute atomic E-state index is 10.2. The van der Waals surface area contributed by atoms with Gasteiger partial charge in [0.25, 0.3) is 0 Å². The number of rotatable bonds is 2. The van der Waals surface area contributed by atoms with Crippen molar-refractivity contribution in [2.75, 3.05) is 6.61 Å². The minimum Gasteiger partial charge on any atom is -0.394 e. The Labute approximate surface area is 166 Å². The van der Waals surface area contributed by atoms with Crippen molar-refractivity contribution >= 4 is 10.9 Å². The van der Waals surface area contributed by atoms with E-state index in [-0.39, 0.29) is 0 Å².